The van der Waals surface area contributed by atoms with Gasteiger partial charge in [-0.2, -0.15) is 0 Å². The highest BCUT2D eigenvalue weighted by atomic mass is 35.5. The number of benzene rings is 1. The van der Waals surface area contributed by atoms with Gasteiger partial charge in [-0.3, -0.25) is 0 Å². The van der Waals surface area contributed by atoms with Gasteiger partial charge < -0.3 is 9.47 Å². The van der Waals surface area contributed by atoms with Crippen LogP contribution in [0.4, 0.5) is 0 Å². The monoisotopic (exact) mass is 279 g/mol. The second kappa shape index (κ2) is 5.19. The lowest BCUT2D eigenvalue weighted by Crippen LogP contribution is -2.22. The van der Waals surface area contributed by atoms with Gasteiger partial charge in [0.15, 0.2) is 0 Å². The molecule has 1 atom stereocenters. The summed E-state index contributed by atoms with van der Waals surface area (Å²) in [5.41, 5.74) is 2.88. The lowest BCUT2D eigenvalue weighted by molar-refractivity contribution is -0.00172. The number of aromatic nitrogens is 3. The van der Waals surface area contributed by atoms with Crippen LogP contribution < -0.4 is 4.74 Å². The Balaban J connectivity index is 1.81. The first-order valence-corrected chi connectivity index (χ1v) is 6.58. The molecule has 19 heavy (non-hydrogen) atoms. The highest BCUT2D eigenvalue weighted by Gasteiger charge is 2.24. The molecular weight excluding hydrogens is 266 g/mol. The number of nitrogens with zero attached hydrogens (tertiary/aromatic N) is 3. The summed E-state index contributed by atoms with van der Waals surface area (Å²) in [5, 5.41) is 8.17. The van der Waals surface area contributed by atoms with Gasteiger partial charge in [-0.15, -0.1) is 16.7 Å². The fraction of sp³-hybridized carbons (Fsp3) is 0.385. The van der Waals surface area contributed by atoms with Crippen LogP contribution in [0.25, 0.3) is 0 Å². The van der Waals surface area contributed by atoms with Gasteiger partial charge >= 0.3 is 0 Å². The summed E-state index contributed by atoms with van der Waals surface area (Å²) >= 11 is 5.81. The summed E-state index contributed by atoms with van der Waals surface area (Å²) < 4.78 is 12.9. The summed E-state index contributed by atoms with van der Waals surface area (Å²) in [5.74, 6) is 1.21. The number of methoxy groups -OCH3 is 1. The molecule has 0 aliphatic carbocycles. The molecule has 1 aromatic carbocycles. The van der Waals surface area contributed by atoms with E-state index in [-0.39, 0.29) is 6.10 Å². The average molecular weight is 280 g/mol. The van der Waals surface area contributed by atoms with Crippen molar-refractivity contribution in [3.63, 3.8) is 0 Å². The normalized spacial score (nSPS) is 18.1. The van der Waals surface area contributed by atoms with E-state index in [0.717, 1.165) is 22.7 Å². The molecule has 100 valence electrons. The fourth-order valence-electron chi connectivity index (χ4n) is 2.19. The maximum atomic E-state index is 5.86. The number of hydrogen-bond acceptors (Lipinski definition) is 4. The predicted octanol–water partition coefficient (Wildman–Crippen LogP) is 2.30. The third-order valence-corrected chi connectivity index (χ3v) is 3.55. The average Bonchev–Trinajstić information content (AvgIpc) is 2.89. The Morgan fingerprint density at radius 3 is 2.89 bits per heavy atom. The van der Waals surface area contributed by atoms with E-state index < -0.39 is 0 Å². The van der Waals surface area contributed by atoms with E-state index >= 15 is 0 Å². The van der Waals surface area contributed by atoms with E-state index in [9.17, 15) is 0 Å². The van der Waals surface area contributed by atoms with E-state index in [1.165, 1.54) is 0 Å². The Morgan fingerprint density at radius 1 is 1.42 bits per heavy atom. The molecule has 1 aliphatic rings. The van der Waals surface area contributed by atoms with Gasteiger partial charge in [0.05, 0.1) is 31.8 Å². The molecule has 5 nitrogen and oxygen atoms in total. The van der Waals surface area contributed by atoms with Gasteiger partial charge in [0.2, 0.25) is 0 Å². The molecule has 0 bridgehead atoms. The van der Waals surface area contributed by atoms with Gasteiger partial charge in [-0.05, 0) is 17.7 Å². The zero-order valence-electron chi connectivity index (χ0n) is 10.5. The van der Waals surface area contributed by atoms with E-state index in [0.29, 0.717) is 19.0 Å². The highest BCUT2D eigenvalue weighted by molar-refractivity contribution is 6.16. The Morgan fingerprint density at radius 2 is 2.21 bits per heavy atom. The van der Waals surface area contributed by atoms with Crippen LogP contribution in [0.15, 0.2) is 24.3 Å². The minimum absolute atomic E-state index is 0.0109. The number of hydrogen-bond donors (Lipinski definition) is 0. The lowest BCUT2D eigenvalue weighted by atomic mass is 10.1. The Kier molecular flexibility index (Phi) is 3.40. The Bertz CT molecular complexity index is 568. The van der Waals surface area contributed by atoms with Gasteiger partial charge in [0.25, 0.3) is 0 Å². The summed E-state index contributed by atoms with van der Waals surface area (Å²) in [6.45, 7) is 1.15. The fourth-order valence-corrected chi connectivity index (χ4v) is 2.39. The molecular formula is C13H14ClN3O2. The van der Waals surface area contributed by atoms with Crippen molar-refractivity contribution in [2.45, 2.75) is 25.1 Å². The van der Waals surface area contributed by atoms with Crippen LogP contribution in [0.3, 0.4) is 0 Å². The molecule has 0 radical (unpaired) electrons. The zero-order chi connectivity index (χ0) is 13.2. The van der Waals surface area contributed by atoms with Crippen LogP contribution >= 0.6 is 11.6 Å². The van der Waals surface area contributed by atoms with Crippen molar-refractivity contribution in [3.8, 4) is 5.75 Å². The Hall–Kier alpha value is -1.59. The predicted molar refractivity (Wildman–Crippen MR) is 70.1 cm³/mol. The molecule has 2 aromatic rings. The summed E-state index contributed by atoms with van der Waals surface area (Å²) in [4.78, 5) is 0. The smallest absolute Gasteiger partial charge is 0.118 e. The van der Waals surface area contributed by atoms with E-state index in [1.54, 1.807) is 7.11 Å². The maximum Gasteiger partial charge on any atom is 0.118 e. The van der Waals surface area contributed by atoms with Crippen molar-refractivity contribution in [2.24, 2.45) is 0 Å². The van der Waals surface area contributed by atoms with Crippen LogP contribution in [-0.2, 0) is 23.8 Å². The number of halogens is 1. The number of rotatable bonds is 3. The van der Waals surface area contributed by atoms with Crippen molar-refractivity contribution in [1.82, 2.24) is 15.0 Å². The van der Waals surface area contributed by atoms with Gasteiger partial charge in [-0.25, -0.2) is 4.68 Å². The molecule has 3 rings (SSSR count). The molecule has 1 aliphatic heterocycles. The van der Waals surface area contributed by atoms with Crippen molar-refractivity contribution in [2.75, 3.05) is 7.11 Å². The van der Waals surface area contributed by atoms with Crippen LogP contribution in [0, 0.1) is 0 Å². The summed E-state index contributed by atoms with van der Waals surface area (Å²) in [7, 11) is 1.65. The minimum Gasteiger partial charge on any atom is -0.497 e. The quantitative estimate of drug-likeness (QED) is 0.809. The van der Waals surface area contributed by atoms with Crippen LogP contribution in [-0.4, -0.2) is 22.1 Å². The first-order valence-electron chi connectivity index (χ1n) is 6.04. The second-order valence-corrected chi connectivity index (χ2v) is 4.64. The molecule has 0 saturated carbocycles. The van der Waals surface area contributed by atoms with Gasteiger partial charge in [0, 0.05) is 0 Å². The van der Waals surface area contributed by atoms with E-state index in [4.69, 9.17) is 21.1 Å². The van der Waals surface area contributed by atoms with Gasteiger partial charge in [0.1, 0.15) is 17.5 Å². The lowest BCUT2D eigenvalue weighted by Gasteiger charge is -2.24. The first-order chi connectivity index (χ1) is 9.31. The van der Waals surface area contributed by atoms with Crippen LogP contribution in [0.5, 0.6) is 5.75 Å². The zero-order valence-corrected chi connectivity index (χ0v) is 11.3. The highest BCUT2D eigenvalue weighted by Crippen LogP contribution is 2.28. The van der Waals surface area contributed by atoms with Crippen molar-refractivity contribution >= 4 is 11.6 Å². The molecule has 0 fully saturated rings. The summed E-state index contributed by atoms with van der Waals surface area (Å²) in [6.07, 6.45) is -0.0109. The molecule has 0 amide bonds. The van der Waals surface area contributed by atoms with Crippen molar-refractivity contribution < 1.29 is 9.47 Å². The molecule has 2 heterocycles. The van der Waals surface area contributed by atoms with Crippen molar-refractivity contribution in [1.29, 1.82) is 0 Å². The SMILES string of the molecule is COc1ccc([C@H]2Cn3nnc(CCl)c3CO2)cc1. The Labute approximate surface area is 116 Å². The topological polar surface area (TPSA) is 49.2 Å². The van der Waals surface area contributed by atoms with E-state index in [1.807, 2.05) is 28.9 Å². The van der Waals surface area contributed by atoms with Crippen molar-refractivity contribution in [3.05, 3.63) is 41.2 Å². The van der Waals surface area contributed by atoms with Gasteiger partial charge in [-0.1, -0.05) is 17.3 Å². The number of fused-ring (bicyclic) bond motifs is 1. The first kappa shape index (κ1) is 12.4. The second-order valence-electron chi connectivity index (χ2n) is 4.37. The van der Waals surface area contributed by atoms with E-state index in [2.05, 4.69) is 10.3 Å². The van der Waals surface area contributed by atoms with Crippen LogP contribution in [0.1, 0.15) is 23.1 Å². The largest absolute Gasteiger partial charge is 0.497 e. The third-order valence-electron chi connectivity index (χ3n) is 3.29. The minimum atomic E-state index is -0.0109. The molecule has 6 heteroatoms. The standard InChI is InChI=1S/C13H14ClN3O2/c1-18-10-4-2-9(3-5-10)13-7-17-12(8-19-13)11(6-14)15-16-17/h2-5,13H,6-8H2,1H3/t13-/m1/s1. The molecule has 0 N–H and O–H groups in total. The maximum absolute atomic E-state index is 5.86. The molecule has 0 unspecified atom stereocenters. The number of ether oxygens (including phenoxy) is 2. The molecule has 1 aromatic heterocycles. The molecule has 0 spiro atoms. The third kappa shape index (κ3) is 2.31. The van der Waals surface area contributed by atoms with Crippen LogP contribution in [0.2, 0.25) is 0 Å². The summed E-state index contributed by atoms with van der Waals surface area (Å²) in [6, 6.07) is 7.88. The number of alkyl halides is 1. The molecule has 0 saturated heterocycles.